The van der Waals surface area contributed by atoms with E-state index in [1.807, 2.05) is 30.3 Å². The summed E-state index contributed by atoms with van der Waals surface area (Å²) in [6.07, 6.45) is 3.73. The Morgan fingerprint density at radius 3 is 2.29 bits per heavy atom. The first-order valence-electron chi connectivity index (χ1n) is 16.4. The molecule has 0 spiro atoms. The number of halogens is 2. The molecule has 14 heteroatoms. The van der Waals surface area contributed by atoms with E-state index >= 15 is 0 Å². The number of aryl methyl sites for hydroxylation is 1. The largest absolute Gasteiger partial charge is 0.495 e. The summed E-state index contributed by atoms with van der Waals surface area (Å²) < 4.78 is 35.4. The van der Waals surface area contributed by atoms with Crippen LogP contribution in [0.4, 0.5) is 11.4 Å². The predicted molar refractivity (Wildman–Crippen MR) is 197 cm³/mol. The molecule has 1 fully saturated rings. The average molecular weight is 754 g/mol. The molecule has 2 amide bonds. The van der Waals surface area contributed by atoms with Gasteiger partial charge in [-0.25, -0.2) is 8.42 Å². The summed E-state index contributed by atoms with van der Waals surface area (Å²) in [6.45, 7) is 0.613. The van der Waals surface area contributed by atoms with Crippen LogP contribution in [0.5, 0.6) is 5.75 Å². The van der Waals surface area contributed by atoms with Crippen molar-refractivity contribution in [2.45, 2.75) is 62.6 Å². The number of anilines is 1. The van der Waals surface area contributed by atoms with Gasteiger partial charge in [-0.05, 0) is 67.3 Å². The van der Waals surface area contributed by atoms with Crippen molar-refractivity contribution in [2.75, 3.05) is 18.0 Å². The van der Waals surface area contributed by atoms with Crippen LogP contribution in [0.25, 0.3) is 0 Å². The standard InChI is InChI=1S/C37H38Cl2N4O7S/c1-25-15-17-31(22-32(25)43(46)47)51(48,49)42(33-21-29(39)16-18-35(33)50-2)24-36(44)41(23-27-11-8-12-28(38)19-27)34(20-26-9-4-3-5-10-26)37(45)40-30-13-6-7-14-30/h3-5,8-12,15-19,21-22,30,34H,6-7,13-14,20,23-24H2,1-2H3,(H,40,45)/t34-/m1/s1. The highest BCUT2D eigenvalue weighted by Crippen LogP contribution is 2.36. The lowest BCUT2D eigenvalue weighted by molar-refractivity contribution is -0.385. The number of benzene rings is 4. The Labute approximate surface area is 307 Å². The fourth-order valence-corrected chi connectivity index (χ4v) is 8.01. The number of amides is 2. The van der Waals surface area contributed by atoms with E-state index in [1.165, 1.54) is 49.3 Å². The topological polar surface area (TPSA) is 139 Å². The Kier molecular flexibility index (Phi) is 12.2. The summed E-state index contributed by atoms with van der Waals surface area (Å²) >= 11 is 12.7. The summed E-state index contributed by atoms with van der Waals surface area (Å²) in [5.74, 6) is -1.01. The van der Waals surface area contributed by atoms with Gasteiger partial charge in [-0.1, -0.05) is 84.6 Å². The molecule has 1 N–H and O–H groups in total. The predicted octanol–water partition coefficient (Wildman–Crippen LogP) is 7.11. The first kappa shape index (κ1) is 37.6. The van der Waals surface area contributed by atoms with Crippen LogP contribution in [0.15, 0.2) is 95.9 Å². The van der Waals surface area contributed by atoms with Gasteiger partial charge in [0.1, 0.15) is 18.3 Å². The van der Waals surface area contributed by atoms with Crippen molar-refractivity contribution in [3.8, 4) is 5.75 Å². The molecule has 1 aliphatic carbocycles. The zero-order chi connectivity index (χ0) is 36.7. The van der Waals surface area contributed by atoms with Gasteiger partial charge in [0.2, 0.25) is 11.8 Å². The molecule has 0 radical (unpaired) electrons. The van der Waals surface area contributed by atoms with Gasteiger partial charge in [0, 0.05) is 40.7 Å². The van der Waals surface area contributed by atoms with E-state index in [2.05, 4.69) is 5.32 Å². The molecule has 1 saturated carbocycles. The number of nitro benzene ring substituents is 1. The molecule has 1 aliphatic rings. The molecule has 0 aliphatic heterocycles. The number of rotatable bonds is 14. The lowest BCUT2D eigenvalue weighted by atomic mass is 10.0. The highest BCUT2D eigenvalue weighted by molar-refractivity contribution is 7.92. The maximum absolute atomic E-state index is 14.8. The van der Waals surface area contributed by atoms with Crippen LogP contribution in [-0.2, 0) is 32.6 Å². The minimum atomic E-state index is -4.69. The lowest BCUT2D eigenvalue weighted by Crippen LogP contribution is -2.54. The molecule has 0 aromatic heterocycles. The van der Waals surface area contributed by atoms with Crippen molar-refractivity contribution in [1.29, 1.82) is 0 Å². The van der Waals surface area contributed by atoms with Crippen molar-refractivity contribution in [2.24, 2.45) is 0 Å². The number of nitro groups is 1. The number of sulfonamides is 1. The third-order valence-electron chi connectivity index (χ3n) is 8.87. The Morgan fingerprint density at radius 2 is 1.63 bits per heavy atom. The number of ether oxygens (including phenoxy) is 1. The van der Waals surface area contributed by atoms with Gasteiger partial charge in [0.15, 0.2) is 0 Å². The third-order valence-corrected chi connectivity index (χ3v) is 11.1. The lowest BCUT2D eigenvalue weighted by Gasteiger charge is -2.34. The summed E-state index contributed by atoms with van der Waals surface area (Å²) in [4.78, 5) is 41.1. The fourth-order valence-electron chi connectivity index (χ4n) is 6.20. The fraction of sp³-hybridized carbons (Fsp3) is 0.297. The first-order valence-corrected chi connectivity index (χ1v) is 18.6. The van der Waals surface area contributed by atoms with E-state index < -0.39 is 44.0 Å². The maximum Gasteiger partial charge on any atom is 0.273 e. The minimum absolute atomic E-state index is 0.0520. The number of carbonyl (C=O) groups is 2. The zero-order valence-electron chi connectivity index (χ0n) is 28.1. The summed E-state index contributed by atoms with van der Waals surface area (Å²) in [6, 6.07) is 22.8. The number of hydrogen-bond acceptors (Lipinski definition) is 7. The van der Waals surface area contributed by atoms with Crippen molar-refractivity contribution < 1.29 is 27.7 Å². The van der Waals surface area contributed by atoms with Crippen LogP contribution >= 0.6 is 23.2 Å². The molecule has 0 heterocycles. The molecule has 51 heavy (non-hydrogen) atoms. The second-order valence-corrected chi connectivity index (χ2v) is 15.1. The zero-order valence-corrected chi connectivity index (χ0v) is 30.5. The Hall–Kier alpha value is -4.65. The van der Waals surface area contributed by atoms with Gasteiger partial charge in [0.05, 0.1) is 22.6 Å². The minimum Gasteiger partial charge on any atom is -0.495 e. The van der Waals surface area contributed by atoms with Crippen LogP contribution in [-0.4, -0.2) is 55.8 Å². The van der Waals surface area contributed by atoms with Crippen LogP contribution in [0.1, 0.15) is 42.4 Å². The van der Waals surface area contributed by atoms with E-state index in [0.29, 0.717) is 10.6 Å². The van der Waals surface area contributed by atoms with E-state index in [0.717, 1.165) is 41.6 Å². The monoisotopic (exact) mass is 752 g/mol. The average Bonchev–Trinajstić information content (AvgIpc) is 3.62. The van der Waals surface area contributed by atoms with Gasteiger partial charge < -0.3 is 15.0 Å². The molecule has 0 bridgehead atoms. The molecule has 1 atom stereocenters. The van der Waals surface area contributed by atoms with Crippen LogP contribution in [0, 0.1) is 17.0 Å². The van der Waals surface area contributed by atoms with Crippen molar-refractivity contribution in [3.63, 3.8) is 0 Å². The molecular weight excluding hydrogens is 715 g/mol. The molecule has 4 aromatic rings. The molecule has 5 rings (SSSR count). The Balaban J connectivity index is 1.64. The summed E-state index contributed by atoms with van der Waals surface area (Å²) in [7, 11) is -3.35. The highest BCUT2D eigenvalue weighted by atomic mass is 35.5. The SMILES string of the molecule is COc1ccc(Cl)cc1N(CC(=O)N(Cc1cccc(Cl)c1)[C@H](Cc1ccccc1)C(=O)NC1CCCC1)S(=O)(=O)c1ccc(C)c([N+](=O)[O-])c1. The van der Waals surface area contributed by atoms with Gasteiger partial charge in [-0.15, -0.1) is 0 Å². The number of carbonyl (C=O) groups excluding carboxylic acids is 2. The smallest absolute Gasteiger partial charge is 0.273 e. The van der Waals surface area contributed by atoms with Crippen molar-refractivity contribution in [3.05, 3.63) is 128 Å². The van der Waals surface area contributed by atoms with Crippen LogP contribution in [0.3, 0.4) is 0 Å². The van der Waals surface area contributed by atoms with E-state index in [9.17, 15) is 28.1 Å². The van der Waals surface area contributed by atoms with Crippen molar-refractivity contribution in [1.82, 2.24) is 10.2 Å². The normalized spacial score (nSPS) is 13.7. The number of methoxy groups -OCH3 is 1. The summed E-state index contributed by atoms with van der Waals surface area (Å²) in [5, 5.41) is 15.5. The Bertz CT molecular complexity index is 2010. The van der Waals surface area contributed by atoms with Gasteiger partial charge in [0.25, 0.3) is 15.7 Å². The second kappa shape index (κ2) is 16.6. The summed E-state index contributed by atoms with van der Waals surface area (Å²) in [5.41, 5.74) is 1.19. The third kappa shape index (κ3) is 9.18. The maximum atomic E-state index is 14.8. The molecule has 11 nitrogen and oxygen atoms in total. The quantitative estimate of drug-likeness (QED) is 0.107. The molecule has 268 valence electrons. The number of nitrogens with one attached hydrogen (secondary N) is 1. The van der Waals surface area contributed by atoms with Gasteiger partial charge >= 0.3 is 0 Å². The van der Waals surface area contributed by atoms with E-state index in [-0.39, 0.29) is 46.9 Å². The first-order chi connectivity index (χ1) is 24.4. The van der Waals surface area contributed by atoms with Gasteiger partial charge in [-0.3, -0.25) is 24.0 Å². The van der Waals surface area contributed by atoms with Crippen LogP contribution in [0.2, 0.25) is 10.0 Å². The molecule has 0 unspecified atom stereocenters. The van der Waals surface area contributed by atoms with E-state index in [1.54, 1.807) is 24.3 Å². The molecular formula is C37H38Cl2N4O7S. The molecule has 0 saturated heterocycles. The van der Waals surface area contributed by atoms with Gasteiger partial charge in [-0.2, -0.15) is 0 Å². The molecule has 4 aromatic carbocycles. The van der Waals surface area contributed by atoms with E-state index in [4.69, 9.17) is 27.9 Å². The second-order valence-electron chi connectivity index (χ2n) is 12.4. The van der Waals surface area contributed by atoms with Crippen molar-refractivity contribution >= 4 is 56.4 Å². The highest BCUT2D eigenvalue weighted by Gasteiger charge is 2.37. The Morgan fingerprint density at radius 1 is 0.941 bits per heavy atom. The number of nitrogens with zero attached hydrogens (tertiary/aromatic N) is 3. The number of hydrogen-bond donors (Lipinski definition) is 1. The van der Waals surface area contributed by atoms with Crippen LogP contribution < -0.4 is 14.4 Å².